The number of methoxy groups -OCH3 is 1. The molecule has 1 unspecified atom stereocenters. The largest absolute Gasteiger partial charge is 0.469 e. The summed E-state index contributed by atoms with van der Waals surface area (Å²) in [6, 6.07) is 14.2. The van der Waals surface area contributed by atoms with Crippen molar-refractivity contribution in [2.75, 3.05) is 25.5 Å². The van der Waals surface area contributed by atoms with Gasteiger partial charge >= 0.3 is 5.97 Å². The lowest BCUT2D eigenvalue weighted by Gasteiger charge is -2.21. The number of benzene rings is 2. The van der Waals surface area contributed by atoms with Gasteiger partial charge in [0.05, 0.1) is 25.1 Å². The maximum Gasteiger partial charge on any atom is 0.307 e. The van der Waals surface area contributed by atoms with Crippen LogP contribution in [0.4, 0.5) is 5.69 Å². The lowest BCUT2D eigenvalue weighted by molar-refractivity contribution is -0.140. The normalized spacial score (nSPS) is 14.2. The van der Waals surface area contributed by atoms with Crippen molar-refractivity contribution in [3.8, 4) is 0 Å². The quantitative estimate of drug-likeness (QED) is 0.291. The molecule has 1 atom stereocenters. The summed E-state index contributed by atoms with van der Waals surface area (Å²) in [5.74, 6) is -0.380. The maximum absolute atomic E-state index is 12.8. The maximum atomic E-state index is 12.8. The van der Waals surface area contributed by atoms with Crippen molar-refractivity contribution in [3.05, 3.63) is 71.4 Å². The summed E-state index contributed by atoms with van der Waals surface area (Å²) in [6.45, 7) is 1.58. The molecule has 0 spiro atoms. The second-order valence-corrected chi connectivity index (χ2v) is 8.11. The number of anilines is 1. The Hall–Kier alpha value is -3.94. The molecular weight excluding hydrogens is 418 g/mol. The Morgan fingerprint density at radius 1 is 1.15 bits per heavy atom. The zero-order chi connectivity index (χ0) is 23.4. The summed E-state index contributed by atoms with van der Waals surface area (Å²) in [5.41, 5.74) is 9.13. The van der Waals surface area contributed by atoms with Gasteiger partial charge in [-0.2, -0.15) is 0 Å². The van der Waals surface area contributed by atoms with Gasteiger partial charge in [-0.1, -0.05) is 18.2 Å². The molecule has 33 heavy (non-hydrogen) atoms. The number of ether oxygens (including phenoxy) is 1. The summed E-state index contributed by atoms with van der Waals surface area (Å²) in [4.78, 5) is 31.2. The number of nitrogen functional groups attached to an aromatic ring is 1. The van der Waals surface area contributed by atoms with Gasteiger partial charge < -0.3 is 20.7 Å². The number of carbonyl (C=O) groups is 2. The molecule has 1 amide bonds. The molecule has 0 radical (unpaired) electrons. The number of pyridine rings is 1. The molecule has 0 saturated carbocycles. The van der Waals surface area contributed by atoms with Crippen LogP contribution >= 0.6 is 0 Å². The number of esters is 1. The van der Waals surface area contributed by atoms with Crippen molar-refractivity contribution >= 4 is 34.3 Å². The van der Waals surface area contributed by atoms with Gasteiger partial charge in [-0.25, -0.2) is 0 Å². The molecule has 1 aliphatic heterocycles. The lowest BCUT2D eigenvalue weighted by Crippen LogP contribution is -2.27. The minimum absolute atomic E-state index is 0.0270. The highest BCUT2D eigenvalue weighted by molar-refractivity contribution is 6.00. The number of nitrogens with zero attached hydrogens (tertiary/aromatic N) is 2. The molecular formula is C25H27N5O3. The molecule has 2 heterocycles. The molecule has 0 aliphatic carbocycles. The van der Waals surface area contributed by atoms with Gasteiger partial charge in [-0.15, -0.1) is 0 Å². The third-order valence-electron chi connectivity index (χ3n) is 5.91. The van der Waals surface area contributed by atoms with Gasteiger partial charge in [0.1, 0.15) is 5.84 Å². The van der Waals surface area contributed by atoms with Gasteiger partial charge in [0.15, 0.2) is 0 Å². The highest BCUT2D eigenvalue weighted by Gasteiger charge is 2.21. The van der Waals surface area contributed by atoms with Crippen molar-refractivity contribution in [1.29, 1.82) is 5.41 Å². The van der Waals surface area contributed by atoms with Crippen LogP contribution in [0.15, 0.2) is 54.7 Å². The van der Waals surface area contributed by atoms with Crippen LogP contribution in [0, 0.1) is 5.41 Å². The number of nitrogens with two attached hydrogens (primary N) is 1. The molecule has 1 fully saturated rings. The van der Waals surface area contributed by atoms with E-state index in [4.69, 9.17) is 15.9 Å². The van der Waals surface area contributed by atoms with Crippen LogP contribution in [0.3, 0.4) is 0 Å². The van der Waals surface area contributed by atoms with E-state index in [0.29, 0.717) is 16.6 Å². The zero-order valence-electron chi connectivity index (χ0n) is 18.5. The number of amidine groups is 1. The predicted molar refractivity (Wildman–Crippen MR) is 127 cm³/mol. The highest BCUT2D eigenvalue weighted by Crippen LogP contribution is 2.29. The van der Waals surface area contributed by atoms with Gasteiger partial charge in [-0.3, -0.25) is 20.0 Å². The Bertz CT molecular complexity index is 1200. The standard InChI is InChI=1S/C25H27N5O3/c1-33-23(31)15-21(16-5-4-6-17(13-16)24(26)27)29-20-9-10-28-22-14-18(7-8-19(20)22)25(32)30-11-2-3-12-30/h4-10,13-14,21H,2-3,11-12,15H2,1H3,(H3,26,27)(H,28,29). The molecule has 1 saturated heterocycles. The van der Waals surface area contributed by atoms with E-state index in [9.17, 15) is 9.59 Å². The summed E-state index contributed by atoms with van der Waals surface area (Å²) >= 11 is 0. The van der Waals surface area contributed by atoms with Gasteiger partial charge in [0.2, 0.25) is 0 Å². The van der Waals surface area contributed by atoms with Crippen LogP contribution in [-0.2, 0) is 9.53 Å². The Labute approximate surface area is 192 Å². The molecule has 170 valence electrons. The summed E-state index contributed by atoms with van der Waals surface area (Å²) in [7, 11) is 1.35. The highest BCUT2D eigenvalue weighted by atomic mass is 16.5. The van der Waals surface area contributed by atoms with E-state index in [1.165, 1.54) is 7.11 Å². The first-order valence-corrected chi connectivity index (χ1v) is 10.9. The van der Waals surface area contributed by atoms with E-state index in [1.54, 1.807) is 24.4 Å². The third-order valence-corrected chi connectivity index (χ3v) is 5.91. The molecule has 1 aromatic heterocycles. The minimum Gasteiger partial charge on any atom is -0.469 e. The first kappa shape index (κ1) is 22.3. The Kier molecular flexibility index (Phi) is 6.53. The molecule has 3 aromatic rings. The van der Waals surface area contributed by atoms with Crippen LogP contribution in [0.1, 0.15) is 46.8 Å². The Balaban J connectivity index is 1.66. The van der Waals surface area contributed by atoms with Gasteiger partial charge in [0.25, 0.3) is 5.91 Å². The van der Waals surface area contributed by atoms with Crippen LogP contribution in [0.25, 0.3) is 10.9 Å². The lowest BCUT2D eigenvalue weighted by atomic mass is 10.00. The molecule has 4 rings (SSSR count). The fourth-order valence-corrected chi connectivity index (χ4v) is 4.12. The molecule has 2 aromatic carbocycles. The number of fused-ring (bicyclic) bond motifs is 1. The van der Waals surface area contributed by atoms with Gasteiger partial charge in [-0.05, 0) is 48.7 Å². The number of amides is 1. The van der Waals surface area contributed by atoms with E-state index in [2.05, 4.69) is 10.3 Å². The van der Waals surface area contributed by atoms with Gasteiger partial charge in [0, 0.05) is 41.5 Å². The van der Waals surface area contributed by atoms with E-state index in [-0.39, 0.29) is 24.1 Å². The Morgan fingerprint density at radius 3 is 2.67 bits per heavy atom. The van der Waals surface area contributed by atoms with Crippen LogP contribution < -0.4 is 11.1 Å². The molecule has 8 heteroatoms. The van der Waals surface area contributed by atoms with Crippen LogP contribution in [0.2, 0.25) is 0 Å². The van der Waals surface area contributed by atoms with Crippen molar-refractivity contribution in [3.63, 3.8) is 0 Å². The zero-order valence-corrected chi connectivity index (χ0v) is 18.5. The summed E-state index contributed by atoms with van der Waals surface area (Å²) in [5, 5.41) is 12.0. The predicted octanol–water partition coefficient (Wildman–Crippen LogP) is 3.47. The molecule has 1 aliphatic rings. The second-order valence-electron chi connectivity index (χ2n) is 8.11. The third kappa shape index (κ3) is 4.95. The number of nitrogens with one attached hydrogen (secondary N) is 2. The number of hydrogen-bond acceptors (Lipinski definition) is 6. The first-order chi connectivity index (χ1) is 16.0. The van der Waals surface area contributed by atoms with Crippen molar-refractivity contribution < 1.29 is 14.3 Å². The number of aromatic nitrogens is 1. The van der Waals surface area contributed by atoms with E-state index >= 15 is 0 Å². The van der Waals surface area contributed by atoms with Crippen LogP contribution in [0.5, 0.6) is 0 Å². The van der Waals surface area contributed by atoms with E-state index < -0.39 is 6.04 Å². The van der Waals surface area contributed by atoms with Crippen molar-refractivity contribution in [2.24, 2.45) is 5.73 Å². The average molecular weight is 446 g/mol. The fraction of sp³-hybridized carbons (Fsp3) is 0.280. The van der Waals surface area contributed by atoms with E-state index in [1.807, 2.05) is 35.2 Å². The number of carbonyl (C=O) groups excluding carboxylic acids is 2. The average Bonchev–Trinajstić information content (AvgIpc) is 3.38. The summed E-state index contributed by atoms with van der Waals surface area (Å²) < 4.78 is 4.90. The second kappa shape index (κ2) is 9.68. The Morgan fingerprint density at radius 2 is 1.94 bits per heavy atom. The van der Waals surface area contributed by atoms with Crippen LogP contribution in [-0.4, -0.2) is 47.8 Å². The monoisotopic (exact) mass is 445 g/mol. The number of likely N-dealkylation sites (tertiary alicyclic amines) is 1. The number of rotatable bonds is 7. The number of hydrogen-bond donors (Lipinski definition) is 3. The first-order valence-electron chi connectivity index (χ1n) is 10.9. The summed E-state index contributed by atoms with van der Waals surface area (Å²) in [6.07, 6.45) is 3.85. The molecule has 8 nitrogen and oxygen atoms in total. The molecule has 0 bridgehead atoms. The molecule has 4 N–H and O–H groups in total. The SMILES string of the molecule is COC(=O)CC(Nc1ccnc2cc(C(=O)N3CCCC3)ccc12)c1cccc(C(=N)N)c1. The van der Waals surface area contributed by atoms with E-state index in [0.717, 1.165) is 42.6 Å². The fourth-order valence-electron chi connectivity index (χ4n) is 4.12. The smallest absolute Gasteiger partial charge is 0.307 e. The van der Waals surface area contributed by atoms with Crippen molar-refractivity contribution in [1.82, 2.24) is 9.88 Å². The topological polar surface area (TPSA) is 121 Å². The van der Waals surface area contributed by atoms with Crippen molar-refractivity contribution in [2.45, 2.75) is 25.3 Å². The minimum atomic E-state index is -0.409.